The van der Waals surface area contributed by atoms with Crippen LogP contribution in [0.3, 0.4) is 0 Å². The largest absolute Gasteiger partial charge is 0.497 e. The first-order chi connectivity index (χ1) is 19.3. The Morgan fingerprint density at radius 3 is 2.40 bits per heavy atom. The summed E-state index contributed by atoms with van der Waals surface area (Å²) in [6.45, 7) is 3.24. The van der Waals surface area contributed by atoms with Crippen LogP contribution in [-0.4, -0.2) is 68.7 Å². The number of halogens is 1. The van der Waals surface area contributed by atoms with Crippen LogP contribution >= 0.6 is 11.3 Å². The predicted molar refractivity (Wildman–Crippen MR) is 156 cm³/mol. The van der Waals surface area contributed by atoms with Gasteiger partial charge in [0.15, 0.2) is 15.0 Å². The summed E-state index contributed by atoms with van der Waals surface area (Å²) in [6.07, 6.45) is 1.63. The van der Waals surface area contributed by atoms with Crippen molar-refractivity contribution in [2.24, 2.45) is 0 Å². The minimum absolute atomic E-state index is 0.0185. The Labute approximate surface area is 236 Å². The van der Waals surface area contributed by atoms with Crippen LogP contribution < -0.4 is 25.0 Å². The molecule has 1 aliphatic rings. The van der Waals surface area contributed by atoms with Gasteiger partial charge >= 0.3 is 0 Å². The standard InChI is InChI=1S/C27H29FN6O4S2/c1-4-29-27-33-24(17-13-19(37-2)16-20(14-17)38-3)25(39-27)22-7-8-30-26(32-22)31-18-5-6-23(21(28)15-18)34-9-11-40(35,36)12-10-34/h5-8,13-16H,4,9-12H2,1-3H3,(H,29,33)(H,30,31,32). The molecule has 0 unspecified atom stereocenters. The third-order valence-corrected chi connectivity index (χ3v) is 9.00. The second-order valence-electron chi connectivity index (χ2n) is 9.02. The Kier molecular flexibility index (Phi) is 8.03. The van der Waals surface area contributed by atoms with Gasteiger partial charge in [0.1, 0.15) is 17.3 Å². The summed E-state index contributed by atoms with van der Waals surface area (Å²) in [6, 6.07) is 12.1. The number of aromatic nitrogens is 3. The van der Waals surface area contributed by atoms with Gasteiger partial charge in [-0.15, -0.1) is 0 Å². The van der Waals surface area contributed by atoms with Crippen LogP contribution in [0.25, 0.3) is 21.8 Å². The number of methoxy groups -OCH3 is 2. The summed E-state index contributed by atoms with van der Waals surface area (Å²) in [5.74, 6) is 1.16. The second kappa shape index (κ2) is 11.6. The van der Waals surface area contributed by atoms with Crippen molar-refractivity contribution in [2.45, 2.75) is 6.92 Å². The monoisotopic (exact) mass is 584 g/mol. The number of anilines is 4. The van der Waals surface area contributed by atoms with E-state index in [2.05, 4.69) is 15.6 Å². The highest BCUT2D eigenvalue weighted by Crippen LogP contribution is 2.41. The Hall–Kier alpha value is -3.97. The van der Waals surface area contributed by atoms with Crippen molar-refractivity contribution in [3.63, 3.8) is 0 Å². The number of nitrogens with zero attached hydrogens (tertiary/aromatic N) is 4. The van der Waals surface area contributed by atoms with Gasteiger partial charge in [0.25, 0.3) is 0 Å². The average molecular weight is 585 g/mol. The molecule has 2 aromatic carbocycles. The normalized spacial score (nSPS) is 14.6. The van der Waals surface area contributed by atoms with Crippen molar-refractivity contribution in [3.05, 3.63) is 54.5 Å². The third kappa shape index (κ3) is 6.10. The van der Waals surface area contributed by atoms with Crippen LogP contribution in [0.4, 0.5) is 26.8 Å². The lowest BCUT2D eigenvalue weighted by Gasteiger charge is -2.29. The van der Waals surface area contributed by atoms with Crippen LogP contribution in [0.2, 0.25) is 0 Å². The van der Waals surface area contributed by atoms with Gasteiger partial charge in [0.2, 0.25) is 5.95 Å². The van der Waals surface area contributed by atoms with Crippen LogP contribution in [-0.2, 0) is 9.84 Å². The van der Waals surface area contributed by atoms with Crippen LogP contribution in [0.5, 0.6) is 11.5 Å². The van der Waals surface area contributed by atoms with Gasteiger partial charge in [-0.05, 0) is 43.3 Å². The van der Waals surface area contributed by atoms with Crippen LogP contribution in [0.15, 0.2) is 48.7 Å². The van der Waals surface area contributed by atoms with Gasteiger partial charge in [0, 0.05) is 43.1 Å². The summed E-state index contributed by atoms with van der Waals surface area (Å²) in [5, 5.41) is 7.09. The molecular formula is C27H29FN6O4S2. The number of rotatable bonds is 9. The molecule has 1 saturated heterocycles. The van der Waals surface area contributed by atoms with Crippen molar-refractivity contribution in [2.75, 3.05) is 60.9 Å². The number of hydrogen-bond acceptors (Lipinski definition) is 11. The Morgan fingerprint density at radius 2 is 1.75 bits per heavy atom. The molecule has 0 saturated carbocycles. The van der Waals surface area contributed by atoms with E-state index in [-0.39, 0.29) is 24.6 Å². The number of ether oxygens (including phenoxy) is 2. The molecule has 0 radical (unpaired) electrons. The molecule has 3 heterocycles. The quantitative estimate of drug-likeness (QED) is 0.283. The fraction of sp³-hybridized carbons (Fsp3) is 0.296. The van der Waals surface area contributed by atoms with Crippen LogP contribution in [0.1, 0.15) is 6.92 Å². The van der Waals surface area contributed by atoms with Crippen molar-refractivity contribution in [1.82, 2.24) is 15.0 Å². The molecule has 40 heavy (non-hydrogen) atoms. The average Bonchev–Trinajstić information content (AvgIpc) is 3.37. The number of nitrogens with one attached hydrogen (secondary N) is 2. The highest BCUT2D eigenvalue weighted by Gasteiger charge is 2.24. The van der Waals surface area contributed by atoms with E-state index in [4.69, 9.17) is 19.4 Å². The number of hydrogen-bond donors (Lipinski definition) is 2. The van der Waals surface area contributed by atoms with Gasteiger partial charge in [-0.2, -0.15) is 0 Å². The molecule has 2 N–H and O–H groups in total. The Bertz CT molecular complexity index is 1590. The summed E-state index contributed by atoms with van der Waals surface area (Å²) >= 11 is 1.46. The molecule has 1 aliphatic heterocycles. The first-order valence-electron chi connectivity index (χ1n) is 12.6. The summed E-state index contributed by atoms with van der Waals surface area (Å²) < 4.78 is 49.4. The number of benzene rings is 2. The molecule has 0 amide bonds. The molecule has 13 heteroatoms. The van der Waals surface area contributed by atoms with Crippen LogP contribution in [0, 0.1) is 5.82 Å². The van der Waals surface area contributed by atoms with E-state index >= 15 is 4.39 Å². The lowest BCUT2D eigenvalue weighted by Crippen LogP contribution is -2.40. The van der Waals surface area contributed by atoms with Gasteiger partial charge in [0.05, 0.1) is 47.7 Å². The van der Waals surface area contributed by atoms with E-state index in [1.165, 1.54) is 17.4 Å². The van der Waals surface area contributed by atoms with Gasteiger partial charge in [-0.25, -0.2) is 27.8 Å². The van der Waals surface area contributed by atoms with Gasteiger partial charge in [-0.3, -0.25) is 0 Å². The van der Waals surface area contributed by atoms with Crippen molar-refractivity contribution in [1.29, 1.82) is 0 Å². The highest BCUT2D eigenvalue weighted by atomic mass is 32.2. The highest BCUT2D eigenvalue weighted by molar-refractivity contribution is 7.91. The fourth-order valence-corrected chi connectivity index (χ4v) is 6.56. The lowest BCUT2D eigenvalue weighted by molar-refractivity contribution is 0.394. The topological polar surface area (TPSA) is 119 Å². The molecule has 2 aromatic heterocycles. The SMILES string of the molecule is CCNc1nc(-c2cc(OC)cc(OC)c2)c(-c2ccnc(Nc3ccc(N4CCS(=O)(=O)CC4)c(F)c3)n2)s1. The van der Waals surface area contributed by atoms with Gasteiger partial charge < -0.3 is 25.0 Å². The van der Waals surface area contributed by atoms with E-state index in [9.17, 15) is 8.42 Å². The molecule has 0 spiro atoms. The molecule has 5 rings (SSSR count). The maximum atomic E-state index is 15.0. The molecule has 0 aliphatic carbocycles. The minimum atomic E-state index is -3.06. The molecule has 0 bridgehead atoms. The van der Waals surface area contributed by atoms with E-state index in [0.717, 1.165) is 15.6 Å². The third-order valence-electron chi connectivity index (χ3n) is 6.36. The van der Waals surface area contributed by atoms with Crippen molar-refractivity contribution < 1.29 is 22.3 Å². The first-order valence-corrected chi connectivity index (χ1v) is 15.3. The molecule has 4 aromatic rings. The van der Waals surface area contributed by atoms with Crippen molar-refractivity contribution in [3.8, 4) is 33.3 Å². The van der Waals surface area contributed by atoms with Crippen molar-refractivity contribution >= 4 is 43.6 Å². The van der Waals surface area contributed by atoms with Gasteiger partial charge in [-0.1, -0.05) is 11.3 Å². The van der Waals surface area contributed by atoms with E-state index in [1.54, 1.807) is 49.6 Å². The maximum Gasteiger partial charge on any atom is 0.227 e. The zero-order chi connectivity index (χ0) is 28.3. The molecular weight excluding hydrogens is 555 g/mol. The Morgan fingerprint density at radius 1 is 1.02 bits per heavy atom. The second-order valence-corrected chi connectivity index (χ2v) is 12.3. The fourth-order valence-electron chi connectivity index (χ4n) is 4.33. The molecule has 210 valence electrons. The predicted octanol–water partition coefficient (Wildman–Crippen LogP) is 4.83. The smallest absolute Gasteiger partial charge is 0.227 e. The molecule has 10 nitrogen and oxygen atoms in total. The molecule has 1 fully saturated rings. The van der Waals surface area contributed by atoms with E-state index in [0.29, 0.717) is 46.8 Å². The Balaban J connectivity index is 1.43. The van der Waals surface area contributed by atoms with E-state index in [1.807, 2.05) is 19.1 Å². The lowest BCUT2D eigenvalue weighted by atomic mass is 10.1. The number of thiazole rings is 1. The molecule has 0 atom stereocenters. The number of sulfone groups is 1. The zero-order valence-corrected chi connectivity index (χ0v) is 23.9. The summed E-state index contributed by atoms with van der Waals surface area (Å²) in [4.78, 5) is 16.4. The summed E-state index contributed by atoms with van der Waals surface area (Å²) in [7, 11) is 0.138. The van der Waals surface area contributed by atoms with E-state index < -0.39 is 15.7 Å². The summed E-state index contributed by atoms with van der Waals surface area (Å²) in [5.41, 5.74) is 3.00. The minimum Gasteiger partial charge on any atom is -0.497 e. The first kappa shape index (κ1) is 27.6. The zero-order valence-electron chi connectivity index (χ0n) is 22.3. The maximum absolute atomic E-state index is 15.0.